The van der Waals surface area contributed by atoms with Crippen LogP contribution in [0.3, 0.4) is 0 Å². The van der Waals surface area contributed by atoms with Crippen molar-refractivity contribution in [3.05, 3.63) is 0 Å². The van der Waals surface area contributed by atoms with Crippen molar-refractivity contribution < 1.29 is 13.2 Å². The fourth-order valence-electron chi connectivity index (χ4n) is 2.98. The van der Waals surface area contributed by atoms with Gasteiger partial charge in [-0.15, -0.1) is 0 Å². The molecule has 0 aliphatic carbocycles. The Labute approximate surface area is 95.9 Å². The third-order valence-corrected chi connectivity index (χ3v) is 6.34. The molecule has 2 aliphatic rings. The lowest BCUT2D eigenvalue weighted by Gasteiger charge is -2.36. The van der Waals surface area contributed by atoms with E-state index in [0.717, 1.165) is 6.42 Å². The zero-order valence-electron chi connectivity index (χ0n) is 9.48. The van der Waals surface area contributed by atoms with Gasteiger partial charge in [0.25, 0.3) is 0 Å². The average molecular weight is 246 g/mol. The highest BCUT2D eigenvalue weighted by Gasteiger charge is 2.54. The minimum Gasteiger partial charge on any atom is -0.341 e. The highest BCUT2D eigenvalue weighted by Crippen LogP contribution is 2.42. The van der Waals surface area contributed by atoms with Crippen molar-refractivity contribution in [3.63, 3.8) is 0 Å². The van der Waals surface area contributed by atoms with E-state index in [2.05, 4.69) is 0 Å². The van der Waals surface area contributed by atoms with E-state index >= 15 is 0 Å². The summed E-state index contributed by atoms with van der Waals surface area (Å²) in [5.74, 6) is 0.183. The normalized spacial score (nSPS) is 37.1. The predicted octanol–water partition coefficient (Wildman–Crippen LogP) is -0.629. The number of nitrogens with two attached hydrogens (primary N) is 1. The molecule has 2 heterocycles. The van der Waals surface area contributed by atoms with Gasteiger partial charge < -0.3 is 10.6 Å². The second-order valence-corrected chi connectivity index (χ2v) is 7.23. The number of carbonyl (C=O) groups is 1. The number of likely N-dealkylation sites (tertiary alicyclic amines) is 1. The molecule has 0 saturated carbocycles. The third-order valence-electron chi connectivity index (χ3n) is 3.96. The lowest BCUT2D eigenvalue weighted by atomic mass is 9.82. The summed E-state index contributed by atoms with van der Waals surface area (Å²) in [7, 11) is -3.07. The van der Waals surface area contributed by atoms with Crippen molar-refractivity contribution >= 4 is 15.7 Å². The van der Waals surface area contributed by atoms with E-state index in [-0.39, 0.29) is 17.1 Å². The van der Waals surface area contributed by atoms with Gasteiger partial charge in [0.1, 0.15) is 0 Å². The van der Waals surface area contributed by atoms with Crippen LogP contribution >= 0.6 is 0 Å². The minimum atomic E-state index is -3.07. The number of hydrogen-bond acceptors (Lipinski definition) is 4. The average Bonchev–Trinajstić information content (AvgIpc) is 2.59. The molecule has 5 nitrogen and oxygen atoms in total. The molecule has 0 aromatic heterocycles. The highest BCUT2D eigenvalue weighted by atomic mass is 32.2. The predicted molar refractivity (Wildman–Crippen MR) is 60.6 cm³/mol. The molecule has 1 amide bonds. The molecule has 2 atom stereocenters. The Bertz CT molecular complexity index is 406. The number of carbonyl (C=O) groups excluding carboxylic acids is 1. The number of nitrogens with zero attached hydrogens (tertiary/aromatic N) is 1. The zero-order chi connectivity index (χ0) is 12.0. The van der Waals surface area contributed by atoms with E-state index in [0.29, 0.717) is 26.1 Å². The first kappa shape index (κ1) is 11.9. The Hall–Kier alpha value is -0.620. The van der Waals surface area contributed by atoms with Gasteiger partial charge in [0, 0.05) is 32.0 Å². The highest BCUT2D eigenvalue weighted by molar-refractivity contribution is 7.92. The molecule has 16 heavy (non-hydrogen) atoms. The van der Waals surface area contributed by atoms with Gasteiger partial charge in [0.05, 0.1) is 11.0 Å². The van der Waals surface area contributed by atoms with Crippen LogP contribution in [0.4, 0.5) is 0 Å². The molecule has 0 bridgehead atoms. The monoisotopic (exact) mass is 246 g/mol. The summed E-state index contributed by atoms with van der Waals surface area (Å²) in [6.45, 7) is 2.66. The smallest absolute Gasteiger partial charge is 0.219 e. The molecule has 2 saturated heterocycles. The van der Waals surface area contributed by atoms with Gasteiger partial charge >= 0.3 is 0 Å². The van der Waals surface area contributed by atoms with Crippen LogP contribution in [0.25, 0.3) is 0 Å². The quantitative estimate of drug-likeness (QED) is 0.668. The first-order valence-corrected chi connectivity index (χ1v) is 7.30. The molecule has 2 fully saturated rings. The maximum atomic E-state index is 12.0. The summed E-state index contributed by atoms with van der Waals surface area (Å²) in [4.78, 5) is 13.0. The first-order chi connectivity index (χ1) is 7.41. The molecule has 2 aliphatic heterocycles. The maximum absolute atomic E-state index is 12.0. The number of amides is 1. The molecule has 6 heteroatoms. The number of hydrogen-bond donors (Lipinski definition) is 1. The summed E-state index contributed by atoms with van der Waals surface area (Å²) in [6, 6.07) is 0. The molecule has 0 aromatic carbocycles. The number of sulfone groups is 1. The van der Waals surface area contributed by atoms with Gasteiger partial charge in [0.2, 0.25) is 5.91 Å². The van der Waals surface area contributed by atoms with Crippen molar-refractivity contribution in [1.29, 1.82) is 0 Å². The molecular weight excluding hydrogens is 228 g/mol. The van der Waals surface area contributed by atoms with Crippen LogP contribution < -0.4 is 5.73 Å². The molecule has 2 rings (SSSR count). The lowest BCUT2D eigenvalue weighted by Crippen LogP contribution is -2.49. The molecule has 2 N–H and O–H groups in total. The summed E-state index contributed by atoms with van der Waals surface area (Å²) in [6.07, 6.45) is 1.49. The molecule has 0 spiro atoms. The maximum Gasteiger partial charge on any atom is 0.219 e. The summed E-state index contributed by atoms with van der Waals surface area (Å²) >= 11 is 0. The third kappa shape index (κ3) is 1.64. The van der Waals surface area contributed by atoms with Crippen LogP contribution in [-0.4, -0.2) is 49.9 Å². The largest absolute Gasteiger partial charge is 0.341 e. The van der Waals surface area contributed by atoms with Crippen LogP contribution in [0.2, 0.25) is 0 Å². The Morgan fingerprint density at radius 1 is 1.56 bits per heavy atom. The molecule has 2 unspecified atom stereocenters. The summed E-state index contributed by atoms with van der Waals surface area (Å²) in [5.41, 5.74) is 5.37. The standard InChI is InChI=1S/C10H18N2O3S/c1-8(13)12-5-9-10(6-11,7-12)3-2-4-16(9,14)15/h9H,2-7,11H2,1H3. The van der Waals surface area contributed by atoms with Gasteiger partial charge in [-0.25, -0.2) is 8.42 Å². The van der Waals surface area contributed by atoms with Gasteiger partial charge in [-0.05, 0) is 12.8 Å². The van der Waals surface area contributed by atoms with Gasteiger partial charge in [-0.1, -0.05) is 0 Å². The minimum absolute atomic E-state index is 0.0579. The number of rotatable bonds is 1. The van der Waals surface area contributed by atoms with Crippen LogP contribution in [0.1, 0.15) is 19.8 Å². The number of fused-ring (bicyclic) bond motifs is 1. The van der Waals surface area contributed by atoms with Crippen molar-refractivity contribution in [3.8, 4) is 0 Å². The fourth-order valence-corrected chi connectivity index (χ4v) is 5.27. The van der Waals surface area contributed by atoms with E-state index in [9.17, 15) is 13.2 Å². The summed E-state index contributed by atoms with van der Waals surface area (Å²) < 4.78 is 24.0. The fraction of sp³-hybridized carbons (Fsp3) is 0.900. The molecule has 92 valence electrons. The molecule has 0 aromatic rings. The van der Waals surface area contributed by atoms with Gasteiger partial charge in [-0.3, -0.25) is 4.79 Å². The second-order valence-electron chi connectivity index (χ2n) is 4.93. The molecule has 0 radical (unpaired) electrons. The van der Waals surface area contributed by atoms with E-state index in [1.165, 1.54) is 6.92 Å². The Balaban J connectivity index is 2.36. The molecular formula is C10H18N2O3S. The van der Waals surface area contributed by atoms with E-state index < -0.39 is 15.1 Å². The van der Waals surface area contributed by atoms with E-state index in [1.54, 1.807) is 4.90 Å². The van der Waals surface area contributed by atoms with Crippen LogP contribution in [-0.2, 0) is 14.6 Å². The SMILES string of the molecule is CC(=O)N1CC2C(CN)(CCCS2(=O)=O)C1. The van der Waals surface area contributed by atoms with E-state index in [4.69, 9.17) is 5.73 Å². The lowest BCUT2D eigenvalue weighted by molar-refractivity contribution is -0.128. The Morgan fingerprint density at radius 3 is 2.75 bits per heavy atom. The van der Waals surface area contributed by atoms with Crippen molar-refractivity contribution in [1.82, 2.24) is 4.90 Å². The second kappa shape index (κ2) is 3.70. The van der Waals surface area contributed by atoms with Crippen LogP contribution in [0.15, 0.2) is 0 Å². The van der Waals surface area contributed by atoms with Gasteiger partial charge in [0.15, 0.2) is 9.84 Å². The topological polar surface area (TPSA) is 80.5 Å². The van der Waals surface area contributed by atoms with Crippen molar-refractivity contribution in [2.75, 3.05) is 25.4 Å². The van der Waals surface area contributed by atoms with Gasteiger partial charge in [-0.2, -0.15) is 0 Å². The summed E-state index contributed by atoms with van der Waals surface area (Å²) in [5, 5.41) is -0.442. The van der Waals surface area contributed by atoms with Crippen LogP contribution in [0, 0.1) is 5.41 Å². The zero-order valence-corrected chi connectivity index (χ0v) is 10.3. The Kier molecular flexibility index (Phi) is 2.74. The van der Waals surface area contributed by atoms with E-state index in [1.807, 2.05) is 0 Å². The van der Waals surface area contributed by atoms with Crippen LogP contribution in [0.5, 0.6) is 0 Å². The van der Waals surface area contributed by atoms with Crippen molar-refractivity contribution in [2.24, 2.45) is 11.1 Å². The first-order valence-electron chi connectivity index (χ1n) is 5.58. The van der Waals surface area contributed by atoms with Crippen molar-refractivity contribution in [2.45, 2.75) is 25.0 Å². The Morgan fingerprint density at radius 2 is 2.25 bits per heavy atom.